The van der Waals surface area contributed by atoms with Gasteiger partial charge in [0, 0.05) is 12.7 Å². The van der Waals surface area contributed by atoms with Crippen molar-refractivity contribution in [3.8, 4) is 0 Å². The second-order valence-corrected chi connectivity index (χ2v) is 5.00. The highest BCUT2D eigenvalue weighted by Crippen LogP contribution is 2.10. The smallest absolute Gasteiger partial charge is 0.372 e. The van der Waals surface area contributed by atoms with Gasteiger partial charge >= 0.3 is 5.97 Å². The van der Waals surface area contributed by atoms with E-state index in [0.29, 0.717) is 12.2 Å². The molecule has 1 aromatic carbocycles. The van der Waals surface area contributed by atoms with Crippen LogP contribution in [0.1, 0.15) is 28.9 Å². The highest BCUT2D eigenvalue weighted by molar-refractivity contribution is 6.37. The molecule has 0 atom stereocenters. The first kappa shape index (κ1) is 15.7. The van der Waals surface area contributed by atoms with Crippen LogP contribution < -0.4 is 0 Å². The van der Waals surface area contributed by atoms with E-state index in [1.165, 1.54) is 5.56 Å². The van der Waals surface area contributed by atoms with Crippen LogP contribution in [-0.2, 0) is 22.6 Å². The monoisotopic (exact) mass is 299 g/mol. The topological polar surface area (TPSA) is 76.4 Å². The fourth-order valence-electron chi connectivity index (χ4n) is 2.27. The number of aliphatic carboxylic acids is 1. The molecule has 0 bridgehead atoms. The number of aromatic nitrogens is 1. The van der Waals surface area contributed by atoms with E-state index in [9.17, 15) is 14.4 Å². The van der Waals surface area contributed by atoms with Crippen LogP contribution in [0.25, 0.3) is 0 Å². The van der Waals surface area contributed by atoms with Gasteiger partial charge in [-0.3, -0.25) is 9.59 Å². The molecule has 0 radical (unpaired) electrons. The number of hydrogen-bond donors (Lipinski definition) is 1. The van der Waals surface area contributed by atoms with Crippen molar-refractivity contribution in [3.63, 3.8) is 0 Å². The molecule has 0 saturated carbocycles. The van der Waals surface area contributed by atoms with Gasteiger partial charge in [0.15, 0.2) is 5.78 Å². The molecule has 1 N–H and O–H groups in total. The van der Waals surface area contributed by atoms with Gasteiger partial charge in [-0.2, -0.15) is 0 Å². The van der Waals surface area contributed by atoms with Gasteiger partial charge in [0.1, 0.15) is 0 Å². The van der Waals surface area contributed by atoms with Gasteiger partial charge in [0.2, 0.25) is 5.78 Å². The minimum atomic E-state index is -1.57. The van der Waals surface area contributed by atoms with Gasteiger partial charge in [0.25, 0.3) is 0 Å². The van der Waals surface area contributed by atoms with Crippen LogP contribution in [-0.4, -0.2) is 27.2 Å². The number of aryl methyl sites for hydroxylation is 2. The van der Waals surface area contributed by atoms with Crippen LogP contribution in [0, 0.1) is 0 Å². The van der Waals surface area contributed by atoms with Gasteiger partial charge in [-0.1, -0.05) is 30.3 Å². The molecule has 114 valence electrons. The quantitative estimate of drug-likeness (QED) is 0.461. The number of rotatable bonds is 8. The molecule has 0 aliphatic rings. The number of hydrogen-bond acceptors (Lipinski definition) is 3. The predicted octanol–water partition coefficient (Wildman–Crippen LogP) is 2.35. The molecule has 0 fully saturated rings. The summed E-state index contributed by atoms with van der Waals surface area (Å²) in [5.74, 6) is -3.12. The van der Waals surface area contributed by atoms with Gasteiger partial charge in [-0.25, -0.2) is 4.79 Å². The lowest BCUT2D eigenvalue weighted by Crippen LogP contribution is -2.19. The molecule has 0 amide bonds. The van der Waals surface area contributed by atoms with Crippen LogP contribution in [0.15, 0.2) is 48.7 Å². The van der Waals surface area contributed by atoms with Crippen molar-refractivity contribution >= 4 is 17.5 Å². The van der Waals surface area contributed by atoms with Gasteiger partial charge in [-0.15, -0.1) is 0 Å². The molecular formula is C17H17NO4. The Balaban J connectivity index is 1.93. The molecule has 0 saturated heterocycles. The van der Waals surface area contributed by atoms with E-state index >= 15 is 0 Å². The van der Waals surface area contributed by atoms with Crippen molar-refractivity contribution < 1.29 is 19.5 Å². The second kappa shape index (κ2) is 7.36. The van der Waals surface area contributed by atoms with E-state index in [1.54, 1.807) is 22.9 Å². The van der Waals surface area contributed by atoms with E-state index < -0.39 is 24.0 Å². The normalized spacial score (nSPS) is 10.4. The minimum absolute atomic E-state index is 0.377. The second-order valence-electron chi connectivity index (χ2n) is 5.00. The summed E-state index contributed by atoms with van der Waals surface area (Å²) in [4.78, 5) is 33.6. The van der Waals surface area contributed by atoms with Crippen LogP contribution in [0.4, 0.5) is 0 Å². The Morgan fingerprint density at radius 1 is 1.00 bits per heavy atom. The molecule has 0 spiro atoms. The lowest BCUT2D eigenvalue weighted by molar-refractivity contribution is -0.148. The van der Waals surface area contributed by atoms with Crippen LogP contribution in [0.5, 0.6) is 0 Å². The number of benzene rings is 1. The summed E-state index contributed by atoms with van der Waals surface area (Å²) in [5.41, 5.74) is 1.60. The third-order valence-electron chi connectivity index (χ3n) is 3.38. The summed E-state index contributed by atoms with van der Waals surface area (Å²) in [7, 11) is 0. The lowest BCUT2D eigenvalue weighted by Gasteiger charge is -2.08. The highest BCUT2D eigenvalue weighted by Gasteiger charge is 2.19. The maximum absolute atomic E-state index is 12.0. The molecule has 2 aromatic rings. The Morgan fingerprint density at radius 3 is 2.41 bits per heavy atom. The van der Waals surface area contributed by atoms with E-state index in [-0.39, 0.29) is 0 Å². The average molecular weight is 299 g/mol. The van der Waals surface area contributed by atoms with Crippen molar-refractivity contribution in [1.82, 2.24) is 4.57 Å². The first-order valence-corrected chi connectivity index (χ1v) is 7.06. The standard InChI is InChI=1S/C17H17NO4/c19-15(12-16(20)17(21)22)14-9-5-11-18(14)10-4-8-13-6-2-1-3-7-13/h1-3,5-7,9,11H,4,8,10,12H2,(H,21,22). The lowest BCUT2D eigenvalue weighted by atomic mass is 10.1. The number of nitrogens with zero attached hydrogens (tertiary/aromatic N) is 1. The summed E-state index contributed by atoms with van der Waals surface area (Å²) in [6, 6.07) is 13.4. The Bertz CT molecular complexity index is 673. The van der Waals surface area contributed by atoms with Crippen molar-refractivity contribution in [2.24, 2.45) is 0 Å². The molecule has 5 nitrogen and oxygen atoms in total. The number of carbonyl (C=O) groups excluding carboxylic acids is 2. The largest absolute Gasteiger partial charge is 0.475 e. The van der Waals surface area contributed by atoms with Crippen LogP contribution in [0.3, 0.4) is 0 Å². The van der Waals surface area contributed by atoms with Crippen molar-refractivity contribution in [3.05, 3.63) is 59.9 Å². The van der Waals surface area contributed by atoms with Gasteiger partial charge in [-0.05, 0) is 30.5 Å². The average Bonchev–Trinajstić information content (AvgIpc) is 2.96. The molecule has 2 rings (SSSR count). The molecule has 5 heteroatoms. The van der Waals surface area contributed by atoms with E-state index in [4.69, 9.17) is 5.11 Å². The molecule has 0 aliphatic carbocycles. The van der Waals surface area contributed by atoms with Gasteiger partial charge in [0.05, 0.1) is 12.1 Å². The van der Waals surface area contributed by atoms with Gasteiger partial charge < -0.3 is 9.67 Å². The number of carboxylic acids is 1. The Morgan fingerprint density at radius 2 is 1.73 bits per heavy atom. The molecule has 0 unspecified atom stereocenters. The van der Waals surface area contributed by atoms with E-state index in [2.05, 4.69) is 0 Å². The number of ketones is 2. The van der Waals surface area contributed by atoms with Crippen LogP contribution in [0.2, 0.25) is 0 Å². The third kappa shape index (κ3) is 4.15. The third-order valence-corrected chi connectivity index (χ3v) is 3.38. The van der Waals surface area contributed by atoms with E-state index in [1.807, 2.05) is 30.3 Å². The molecule has 22 heavy (non-hydrogen) atoms. The highest BCUT2D eigenvalue weighted by atomic mass is 16.4. The summed E-state index contributed by atoms with van der Waals surface area (Å²) in [6.45, 7) is 0.643. The fourth-order valence-corrected chi connectivity index (χ4v) is 2.27. The summed E-state index contributed by atoms with van der Waals surface area (Å²) >= 11 is 0. The van der Waals surface area contributed by atoms with Crippen molar-refractivity contribution in [2.75, 3.05) is 0 Å². The molecular weight excluding hydrogens is 282 g/mol. The maximum atomic E-state index is 12.0. The Hall–Kier alpha value is -2.69. The zero-order valence-corrected chi connectivity index (χ0v) is 12.1. The predicted molar refractivity (Wildman–Crippen MR) is 80.8 cm³/mol. The zero-order chi connectivity index (χ0) is 15.9. The molecule has 0 aliphatic heterocycles. The summed E-state index contributed by atoms with van der Waals surface area (Å²) in [6.07, 6.45) is 2.91. The minimum Gasteiger partial charge on any atom is -0.475 e. The van der Waals surface area contributed by atoms with E-state index in [0.717, 1.165) is 12.8 Å². The first-order valence-electron chi connectivity index (χ1n) is 7.06. The van der Waals surface area contributed by atoms with Crippen molar-refractivity contribution in [1.29, 1.82) is 0 Å². The Kier molecular flexibility index (Phi) is 5.25. The first-order chi connectivity index (χ1) is 10.6. The number of carboxylic acid groups (broad SMARTS) is 1. The molecule has 1 heterocycles. The number of carbonyl (C=O) groups is 3. The molecule has 1 aromatic heterocycles. The Labute approximate surface area is 128 Å². The van der Waals surface area contributed by atoms with Crippen LogP contribution >= 0.6 is 0 Å². The van der Waals surface area contributed by atoms with Crippen molar-refractivity contribution in [2.45, 2.75) is 25.8 Å². The maximum Gasteiger partial charge on any atom is 0.372 e. The zero-order valence-electron chi connectivity index (χ0n) is 12.1. The fraction of sp³-hybridized carbons (Fsp3) is 0.235. The number of Topliss-reactive ketones (excluding diaryl/α,β-unsaturated/α-hetero) is 2. The SMILES string of the molecule is O=C(O)C(=O)CC(=O)c1cccn1CCCc1ccccc1. The summed E-state index contributed by atoms with van der Waals surface area (Å²) < 4.78 is 1.76. The summed E-state index contributed by atoms with van der Waals surface area (Å²) in [5, 5.41) is 8.56.